The van der Waals surface area contributed by atoms with Gasteiger partial charge in [0.25, 0.3) is 7.82 Å². The Labute approximate surface area is 367 Å². The number of nitrogens with one attached hydrogen (secondary N) is 1. The van der Waals surface area contributed by atoms with Crippen LogP contribution in [0.5, 0.6) is 0 Å². The molecule has 0 aliphatic rings. The molecule has 8 nitrogen and oxygen atoms in total. The number of hydrogen-bond donors (Lipinski definition) is 2. The van der Waals surface area contributed by atoms with Gasteiger partial charge in [0.15, 0.2) is 0 Å². The number of amides is 1. The number of nitrogens with zero attached hydrogens (tertiary/aromatic N) is 1. The lowest BCUT2D eigenvalue weighted by atomic mass is 10.0. The summed E-state index contributed by atoms with van der Waals surface area (Å²) in [5.74, 6) is -0.193. The largest absolute Gasteiger partial charge is 0.756 e. The van der Waals surface area contributed by atoms with Crippen LogP contribution in [0.15, 0.2) is 12.2 Å². The van der Waals surface area contributed by atoms with Crippen molar-refractivity contribution in [2.75, 3.05) is 40.9 Å². The minimum Gasteiger partial charge on any atom is -0.756 e. The summed E-state index contributed by atoms with van der Waals surface area (Å²) in [5.41, 5.74) is 0. The molecule has 9 heteroatoms. The lowest BCUT2D eigenvalue weighted by molar-refractivity contribution is -0.870. The quantitative estimate of drug-likeness (QED) is 0.0273. The van der Waals surface area contributed by atoms with E-state index >= 15 is 0 Å². The van der Waals surface area contributed by atoms with E-state index in [-0.39, 0.29) is 19.1 Å². The summed E-state index contributed by atoms with van der Waals surface area (Å²) in [7, 11) is 1.27. The number of phosphoric acid groups is 1. The van der Waals surface area contributed by atoms with E-state index in [1.54, 1.807) is 6.08 Å². The van der Waals surface area contributed by atoms with Gasteiger partial charge in [-0.3, -0.25) is 9.36 Å². The number of hydrogen-bond acceptors (Lipinski definition) is 6. The second-order valence-corrected chi connectivity index (χ2v) is 20.3. The summed E-state index contributed by atoms with van der Waals surface area (Å²) in [6.45, 7) is 4.67. The molecule has 0 saturated heterocycles. The predicted octanol–water partition coefficient (Wildman–Crippen LogP) is 14.1. The van der Waals surface area contributed by atoms with Gasteiger partial charge in [-0.2, -0.15) is 0 Å². The van der Waals surface area contributed by atoms with E-state index in [4.69, 9.17) is 9.05 Å². The summed E-state index contributed by atoms with van der Waals surface area (Å²) < 4.78 is 23.2. The van der Waals surface area contributed by atoms with E-state index in [1.807, 2.05) is 27.2 Å². The minimum absolute atomic E-state index is 0.00219. The van der Waals surface area contributed by atoms with Crippen molar-refractivity contribution in [3.05, 3.63) is 12.2 Å². The fourth-order valence-electron chi connectivity index (χ4n) is 7.68. The van der Waals surface area contributed by atoms with Gasteiger partial charge in [-0.1, -0.05) is 238 Å². The molecule has 0 aromatic rings. The molecule has 1 amide bonds. The van der Waals surface area contributed by atoms with Gasteiger partial charge in [0, 0.05) is 6.42 Å². The first-order valence-electron chi connectivity index (χ1n) is 25.6. The fourth-order valence-corrected chi connectivity index (χ4v) is 8.41. The number of aliphatic hydroxyl groups is 1. The molecule has 0 bridgehead atoms. The van der Waals surface area contributed by atoms with Crippen molar-refractivity contribution >= 4 is 13.7 Å². The average Bonchev–Trinajstić information content (AvgIpc) is 3.19. The molecule has 0 aromatic carbocycles. The van der Waals surface area contributed by atoms with Crippen molar-refractivity contribution in [3.63, 3.8) is 0 Å². The zero-order valence-corrected chi connectivity index (χ0v) is 40.9. The molecular formula is C50H101N2O6P. The number of carbonyl (C=O) groups excluding carboxylic acids is 1. The number of quaternary nitrogens is 1. The van der Waals surface area contributed by atoms with Crippen molar-refractivity contribution in [3.8, 4) is 0 Å². The van der Waals surface area contributed by atoms with Gasteiger partial charge >= 0.3 is 0 Å². The van der Waals surface area contributed by atoms with Crippen molar-refractivity contribution in [2.45, 2.75) is 264 Å². The van der Waals surface area contributed by atoms with Crippen LogP contribution < -0.4 is 10.2 Å². The molecule has 0 rings (SSSR count). The zero-order valence-electron chi connectivity index (χ0n) is 40.0. The van der Waals surface area contributed by atoms with Crippen molar-refractivity contribution < 1.29 is 32.9 Å². The summed E-state index contributed by atoms with van der Waals surface area (Å²) in [6.07, 6.45) is 49.9. The molecule has 0 heterocycles. The molecule has 0 saturated carbocycles. The topological polar surface area (TPSA) is 108 Å². The Balaban J connectivity index is 4.13. The van der Waals surface area contributed by atoms with Gasteiger partial charge in [-0.05, 0) is 19.3 Å². The lowest BCUT2D eigenvalue weighted by Crippen LogP contribution is -2.45. The highest BCUT2D eigenvalue weighted by Crippen LogP contribution is 2.38. The first-order valence-corrected chi connectivity index (χ1v) is 27.0. The maximum atomic E-state index is 12.9. The highest BCUT2D eigenvalue weighted by molar-refractivity contribution is 7.45. The van der Waals surface area contributed by atoms with Crippen molar-refractivity contribution in [2.24, 2.45) is 0 Å². The Morgan fingerprint density at radius 3 is 1.27 bits per heavy atom. The van der Waals surface area contributed by atoms with E-state index < -0.39 is 20.0 Å². The normalized spacial score (nSPS) is 14.2. The zero-order chi connectivity index (χ0) is 43.6. The lowest BCUT2D eigenvalue weighted by Gasteiger charge is -2.29. The number of phosphoric ester groups is 1. The number of carbonyl (C=O) groups is 1. The SMILES string of the molecule is CCCCCCCCCCCC/C=C/[C@@H](O)[C@H](COP(=O)([O-])OCC[N+](C)(C)C)NC(=O)CCCCCCCCCCCCCCCCCCCCCCCCCCC. The number of unbranched alkanes of at least 4 members (excludes halogenated alkanes) is 34. The third-order valence-corrected chi connectivity index (χ3v) is 12.7. The molecule has 0 fully saturated rings. The van der Waals surface area contributed by atoms with Crippen molar-refractivity contribution in [1.82, 2.24) is 5.32 Å². The average molecular weight is 857 g/mol. The van der Waals surface area contributed by atoms with E-state index in [1.165, 1.54) is 193 Å². The Kier molecular flexibility index (Phi) is 42.0. The number of rotatable bonds is 47. The third-order valence-electron chi connectivity index (χ3n) is 11.7. The molecule has 0 aliphatic heterocycles. The van der Waals surface area contributed by atoms with Gasteiger partial charge in [0.2, 0.25) is 5.91 Å². The maximum Gasteiger partial charge on any atom is 0.268 e. The number of likely N-dealkylation sites (N-methyl/N-ethyl adjacent to an activating group) is 1. The van der Waals surface area contributed by atoms with Crippen molar-refractivity contribution in [1.29, 1.82) is 0 Å². The first kappa shape index (κ1) is 58.2. The van der Waals surface area contributed by atoms with E-state index in [0.29, 0.717) is 17.4 Å². The van der Waals surface area contributed by atoms with E-state index in [2.05, 4.69) is 19.2 Å². The second-order valence-electron chi connectivity index (χ2n) is 18.9. The Morgan fingerprint density at radius 1 is 0.576 bits per heavy atom. The van der Waals surface area contributed by atoms with E-state index in [0.717, 1.165) is 38.5 Å². The van der Waals surface area contributed by atoms with Gasteiger partial charge in [0.05, 0.1) is 39.9 Å². The molecule has 3 atom stereocenters. The summed E-state index contributed by atoms with van der Waals surface area (Å²) in [5, 5.41) is 13.8. The Bertz CT molecular complexity index is 974. The van der Waals surface area contributed by atoms with E-state index in [9.17, 15) is 19.4 Å². The minimum atomic E-state index is -4.58. The fraction of sp³-hybridized carbons (Fsp3) is 0.940. The third kappa shape index (κ3) is 45.1. The predicted molar refractivity (Wildman–Crippen MR) is 252 cm³/mol. The molecule has 0 aromatic heterocycles. The Hall–Kier alpha value is -0.760. The molecule has 0 spiro atoms. The van der Waals surface area contributed by atoms with Gasteiger partial charge < -0.3 is 28.8 Å². The summed E-state index contributed by atoms with van der Waals surface area (Å²) in [4.78, 5) is 25.3. The van der Waals surface area contributed by atoms with Gasteiger partial charge in [0.1, 0.15) is 13.2 Å². The monoisotopic (exact) mass is 857 g/mol. The standard InChI is InChI=1S/C50H101N2O6P/c1-6-8-10-12-14-16-18-20-21-22-23-24-25-26-27-28-29-30-31-32-34-36-38-40-42-44-50(54)51-48(47-58-59(55,56)57-46-45-52(3,4)5)49(53)43-41-39-37-35-33-19-17-15-13-11-9-7-2/h41,43,48-49,53H,6-40,42,44-47H2,1-5H3,(H-,51,54,55,56)/b43-41+/t48-,49+/m0/s1. The molecule has 352 valence electrons. The number of allylic oxidation sites excluding steroid dienone is 1. The maximum absolute atomic E-state index is 12.9. The highest BCUT2D eigenvalue weighted by atomic mass is 31.2. The summed E-state index contributed by atoms with van der Waals surface area (Å²) >= 11 is 0. The molecular weight excluding hydrogens is 756 g/mol. The molecule has 0 radical (unpaired) electrons. The second kappa shape index (κ2) is 42.5. The van der Waals surface area contributed by atoms with Crippen LogP contribution in [0.4, 0.5) is 0 Å². The van der Waals surface area contributed by atoms with Crippen LogP contribution in [0.25, 0.3) is 0 Å². The van der Waals surface area contributed by atoms with Crippen LogP contribution in [0.1, 0.15) is 251 Å². The first-order chi connectivity index (χ1) is 28.5. The molecule has 0 aliphatic carbocycles. The highest BCUT2D eigenvalue weighted by Gasteiger charge is 2.23. The number of aliphatic hydroxyl groups excluding tert-OH is 1. The molecule has 2 N–H and O–H groups in total. The van der Waals surface area contributed by atoms with Crippen LogP contribution in [0.3, 0.4) is 0 Å². The smallest absolute Gasteiger partial charge is 0.268 e. The van der Waals surface area contributed by atoms with Gasteiger partial charge in [-0.25, -0.2) is 0 Å². The van der Waals surface area contributed by atoms with Gasteiger partial charge in [-0.15, -0.1) is 0 Å². The molecule has 1 unspecified atom stereocenters. The Morgan fingerprint density at radius 2 is 0.915 bits per heavy atom. The van der Waals surface area contributed by atoms with Crippen LogP contribution in [0, 0.1) is 0 Å². The molecule has 59 heavy (non-hydrogen) atoms. The van der Waals surface area contributed by atoms with Crippen LogP contribution in [-0.2, 0) is 18.4 Å². The van der Waals surface area contributed by atoms with Crippen LogP contribution in [0.2, 0.25) is 0 Å². The summed E-state index contributed by atoms with van der Waals surface area (Å²) in [6, 6.07) is -0.880. The van der Waals surface area contributed by atoms with Crippen LogP contribution >= 0.6 is 7.82 Å². The van der Waals surface area contributed by atoms with Crippen LogP contribution in [-0.4, -0.2) is 68.5 Å².